The highest BCUT2D eigenvalue weighted by atomic mass is 16.6. The van der Waals surface area contributed by atoms with E-state index < -0.39 is 42.2 Å². The first-order chi connectivity index (χ1) is 15.9. The molecule has 3 aliphatic heterocycles. The van der Waals surface area contributed by atoms with Crippen molar-refractivity contribution in [2.45, 2.75) is 52.7 Å². The maximum atomic E-state index is 12.8. The zero-order valence-electron chi connectivity index (χ0n) is 19.6. The van der Waals surface area contributed by atoms with Gasteiger partial charge in [0.25, 0.3) is 0 Å². The average molecular weight is 474 g/mol. The van der Waals surface area contributed by atoms with Crippen LogP contribution in [0, 0.1) is 5.92 Å². The van der Waals surface area contributed by atoms with Crippen molar-refractivity contribution in [3.05, 3.63) is 46.5 Å². The fourth-order valence-electron chi connectivity index (χ4n) is 3.69. The summed E-state index contributed by atoms with van der Waals surface area (Å²) in [6.45, 7) is 6.79. The van der Waals surface area contributed by atoms with Crippen LogP contribution in [-0.4, -0.2) is 54.6 Å². The van der Waals surface area contributed by atoms with Crippen LogP contribution in [0.5, 0.6) is 0 Å². The zero-order chi connectivity index (χ0) is 25.2. The van der Waals surface area contributed by atoms with Gasteiger partial charge in [0.05, 0.1) is 5.57 Å². The monoisotopic (exact) mass is 474 g/mol. The second kappa shape index (κ2) is 9.66. The van der Waals surface area contributed by atoms with Gasteiger partial charge in [-0.3, -0.25) is 14.4 Å². The fraction of sp³-hybridized carbons (Fsp3) is 0.458. The van der Waals surface area contributed by atoms with Crippen LogP contribution in [0.15, 0.2) is 46.5 Å². The highest BCUT2D eigenvalue weighted by Crippen LogP contribution is 2.42. The van der Waals surface area contributed by atoms with Crippen molar-refractivity contribution < 1.29 is 47.7 Å². The quantitative estimate of drug-likeness (QED) is 0.320. The first-order valence-electron chi connectivity index (χ1n) is 10.7. The molecule has 0 aliphatic carbocycles. The van der Waals surface area contributed by atoms with Crippen molar-refractivity contribution in [2.75, 3.05) is 13.2 Å². The highest BCUT2D eigenvalue weighted by molar-refractivity contribution is 6.02. The van der Waals surface area contributed by atoms with E-state index in [0.29, 0.717) is 5.76 Å². The Hall–Kier alpha value is -3.69. The Morgan fingerprint density at radius 2 is 1.82 bits per heavy atom. The molecule has 3 aliphatic rings. The number of allylic oxidation sites excluding steroid dienone is 1. The smallest absolute Gasteiger partial charge is 0.343 e. The van der Waals surface area contributed by atoms with Crippen molar-refractivity contribution in [3.63, 3.8) is 0 Å². The summed E-state index contributed by atoms with van der Waals surface area (Å²) in [7, 11) is 0. The first kappa shape index (κ1) is 24.9. The van der Waals surface area contributed by atoms with E-state index in [1.165, 1.54) is 39.0 Å². The lowest BCUT2D eigenvalue weighted by atomic mass is 9.90. The minimum absolute atomic E-state index is 0.00565. The number of carbonyl (C=O) groups excluding carboxylic acids is 5. The molecule has 10 heteroatoms. The lowest BCUT2D eigenvalue weighted by Gasteiger charge is -2.23. The topological polar surface area (TPSA) is 132 Å². The minimum atomic E-state index is -1.40. The van der Waals surface area contributed by atoms with Crippen LogP contribution in [0.3, 0.4) is 0 Å². The Bertz CT molecular complexity index is 1070. The summed E-state index contributed by atoms with van der Waals surface area (Å²) in [6.07, 6.45) is 3.33. The SMILES string of the molecule is CC(=O)OC/C=C(\C)C(=O)O[C@H]1C[C@H](C)C2=CC(=O)[C@](C)(/C=C3/OC(=O)C(COC(C)=O)=C31)O2. The third-order valence-electron chi connectivity index (χ3n) is 5.58. The molecule has 0 aromatic rings. The standard InChI is InChI=1S/C24H26O10/c1-12(6-7-30-14(3)25)22(28)32-18-8-13(2)17-9-20(27)24(5,34-17)10-19-21(18)16(23(29)33-19)11-31-15(4)26/h6,9-10,13,18H,7-8,11H2,1-5H3/b12-6+,19-10+/t13-,18-,24-/m0/s1. The van der Waals surface area contributed by atoms with E-state index in [1.807, 2.05) is 0 Å². The highest BCUT2D eigenvalue weighted by Gasteiger charge is 2.47. The molecule has 0 fully saturated rings. The molecular formula is C24H26O10. The molecule has 0 aromatic carbocycles. The van der Waals surface area contributed by atoms with Gasteiger partial charge < -0.3 is 23.7 Å². The molecule has 34 heavy (non-hydrogen) atoms. The molecule has 0 saturated carbocycles. The van der Waals surface area contributed by atoms with Gasteiger partial charge in [-0.05, 0) is 26.3 Å². The summed E-state index contributed by atoms with van der Waals surface area (Å²) in [5.41, 5.74) is -0.994. The summed E-state index contributed by atoms with van der Waals surface area (Å²) in [5, 5.41) is 0. The van der Waals surface area contributed by atoms with Gasteiger partial charge in [0.1, 0.15) is 30.8 Å². The number of hydrogen-bond donors (Lipinski definition) is 0. The normalized spacial score (nSPS) is 27.7. The Morgan fingerprint density at radius 3 is 2.47 bits per heavy atom. The fourth-order valence-corrected chi connectivity index (χ4v) is 3.69. The summed E-state index contributed by atoms with van der Waals surface area (Å²) < 4.78 is 26.9. The number of rotatable bonds is 6. The van der Waals surface area contributed by atoms with Crippen LogP contribution >= 0.6 is 0 Å². The van der Waals surface area contributed by atoms with Gasteiger partial charge in [-0.2, -0.15) is 0 Å². The van der Waals surface area contributed by atoms with Gasteiger partial charge in [0.15, 0.2) is 5.60 Å². The molecule has 182 valence electrons. The third-order valence-corrected chi connectivity index (χ3v) is 5.58. The molecule has 0 radical (unpaired) electrons. The molecule has 0 amide bonds. The van der Waals surface area contributed by atoms with Gasteiger partial charge in [-0.1, -0.05) is 6.92 Å². The van der Waals surface area contributed by atoms with Crippen LogP contribution in [0.25, 0.3) is 0 Å². The predicted octanol–water partition coefficient (Wildman–Crippen LogP) is 1.99. The molecule has 2 bridgehead atoms. The number of ether oxygens (including phenoxy) is 5. The predicted molar refractivity (Wildman–Crippen MR) is 114 cm³/mol. The number of carbonyl (C=O) groups is 5. The van der Waals surface area contributed by atoms with Crippen molar-refractivity contribution in [2.24, 2.45) is 5.92 Å². The van der Waals surface area contributed by atoms with E-state index in [0.717, 1.165) is 0 Å². The van der Waals surface area contributed by atoms with Crippen molar-refractivity contribution >= 4 is 29.7 Å². The number of fused-ring (bicyclic) bond motifs is 3. The molecule has 0 unspecified atom stereocenters. The van der Waals surface area contributed by atoms with Crippen LogP contribution in [-0.2, 0) is 47.7 Å². The van der Waals surface area contributed by atoms with Gasteiger partial charge in [-0.15, -0.1) is 0 Å². The number of esters is 4. The maximum Gasteiger partial charge on any atom is 0.343 e. The van der Waals surface area contributed by atoms with E-state index in [-0.39, 0.29) is 47.2 Å². The van der Waals surface area contributed by atoms with Crippen molar-refractivity contribution in [1.82, 2.24) is 0 Å². The van der Waals surface area contributed by atoms with Gasteiger partial charge in [-0.25, -0.2) is 9.59 Å². The third kappa shape index (κ3) is 5.27. The van der Waals surface area contributed by atoms with E-state index >= 15 is 0 Å². The van der Waals surface area contributed by atoms with E-state index in [9.17, 15) is 24.0 Å². The van der Waals surface area contributed by atoms with E-state index in [2.05, 4.69) is 0 Å². The molecule has 0 N–H and O–H groups in total. The molecule has 3 atom stereocenters. The molecule has 0 saturated heterocycles. The van der Waals surface area contributed by atoms with Gasteiger partial charge in [0, 0.05) is 43.1 Å². The minimum Gasteiger partial charge on any atom is -0.479 e. The van der Waals surface area contributed by atoms with Crippen molar-refractivity contribution in [1.29, 1.82) is 0 Å². The first-order valence-corrected chi connectivity index (χ1v) is 10.7. The Labute approximate surface area is 196 Å². The Kier molecular flexibility index (Phi) is 7.09. The summed E-state index contributed by atoms with van der Waals surface area (Å²) in [5.74, 6) is -2.84. The average Bonchev–Trinajstić information content (AvgIpc) is 3.21. The molecule has 3 rings (SSSR count). The van der Waals surface area contributed by atoms with E-state index in [4.69, 9.17) is 23.7 Å². The van der Waals surface area contributed by atoms with Crippen LogP contribution in [0.4, 0.5) is 0 Å². The molecular weight excluding hydrogens is 448 g/mol. The van der Waals surface area contributed by atoms with Crippen LogP contribution in [0.1, 0.15) is 41.0 Å². The maximum absolute atomic E-state index is 12.8. The van der Waals surface area contributed by atoms with Crippen LogP contribution in [0.2, 0.25) is 0 Å². The lowest BCUT2D eigenvalue weighted by Crippen LogP contribution is -2.31. The molecule has 0 spiro atoms. The van der Waals surface area contributed by atoms with Crippen molar-refractivity contribution in [3.8, 4) is 0 Å². The summed E-state index contributed by atoms with van der Waals surface area (Å²) in [6, 6.07) is 0. The molecule has 10 nitrogen and oxygen atoms in total. The second-order valence-electron chi connectivity index (χ2n) is 8.41. The Balaban J connectivity index is 2.02. The second-order valence-corrected chi connectivity index (χ2v) is 8.41. The summed E-state index contributed by atoms with van der Waals surface area (Å²) >= 11 is 0. The largest absolute Gasteiger partial charge is 0.479 e. The summed E-state index contributed by atoms with van der Waals surface area (Å²) in [4.78, 5) is 60.4. The van der Waals surface area contributed by atoms with Gasteiger partial charge in [0.2, 0.25) is 5.78 Å². The van der Waals surface area contributed by atoms with Crippen LogP contribution < -0.4 is 0 Å². The van der Waals surface area contributed by atoms with Gasteiger partial charge >= 0.3 is 23.9 Å². The molecule has 3 heterocycles. The zero-order valence-corrected chi connectivity index (χ0v) is 19.6. The lowest BCUT2D eigenvalue weighted by molar-refractivity contribution is -0.144. The number of hydrogen-bond acceptors (Lipinski definition) is 10. The number of ketones is 1. The Morgan fingerprint density at radius 1 is 1.15 bits per heavy atom. The molecule has 0 aromatic heterocycles. The van der Waals surface area contributed by atoms with E-state index in [1.54, 1.807) is 13.8 Å².